The van der Waals surface area contributed by atoms with E-state index in [9.17, 15) is 19.5 Å². The molecule has 4 aromatic carbocycles. The van der Waals surface area contributed by atoms with Crippen LogP contribution < -0.4 is 20.9 Å². The first-order valence-corrected chi connectivity index (χ1v) is 20.3. The number of unbranched alkanes of at least 4 members (excludes halogenated alkanes) is 2. The maximum atomic E-state index is 13.3. The summed E-state index contributed by atoms with van der Waals surface area (Å²) in [5, 5.41) is 18.6. The number of ether oxygens (including phenoxy) is 2. The van der Waals surface area contributed by atoms with Crippen molar-refractivity contribution >= 4 is 23.4 Å². The molecule has 57 heavy (non-hydrogen) atoms. The highest BCUT2D eigenvalue weighted by Gasteiger charge is 2.50. The first kappa shape index (κ1) is 40.1. The number of nitrogens with zero attached hydrogens (tertiary/aromatic N) is 2. The van der Waals surface area contributed by atoms with Crippen LogP contribution in [0.4, 0.5) is 5.69 Å². The fourth-order valence-electron chi connectivity index (χ4n) is 8.29. The molecule has 3 atom stereocenters. The molecule has 4 N–H and O–H groups in total. The van der Waals surface area contributed by atoms with Crippen molar-refractivity contribution in [3.8, 4) is 11.1 Å². The van der Waals surface area contributed by atoms with Gasteiger partial charge in [0.05, 0.1) is 25.5 Å². The van der Waals surface area contributed by atoms with Gasteiger partial charge in [0.1, 0.15) is 5.54 Å². The van der Waals surface area contributed by atoms with E-state index in [1.807, 2.05) is 54.6 Å². The van der Waals surface area contributed by atoms with E-state index in [0.29, 0.717) is 32.6 Å². The van der Waals surface area contributed by atoms with E-state index in [2.05, 4.69) is 74.3 Å². The number of hydrogen-bond donors (Lipinski definition) is 4. The minimum atomic E-state index is -0.572. The first-order chi connectivity index (χ1) is 27.8. The Hall–Kier alpha value is -5.07. The summed E-state index contributed by atoms with van der Waals surface area (Å²) in [6.07, 6.45) is 4.32. The van der Waals surface area contributed by atoms with Gasteiger partial charge >= 0.3 is 0 Å². The van der Waals surface area contributed by atoms with Crippen LogP contribution in [0, 0.1) is 0 Å². The van der Waals surface area contributed by atoms with Crippen LogP contribution >= 0.6 is 0 Å². The van der Waals surface area contributed by atoms with Gasteiger partial charge in [-0.1, -0.05) is 91.3 Å². The molecule has 7 rings (SSSR count). The van der Waals surface area contributed by atoms with Crippen LogP contribution in [0.2, 0.25) is 0 Å². The number of carbonyl (C=O) groups excluding carboxylic acids is 3. The Morgan fingerprint density at radius 3 is 2.32 bits per heavy atom. The summed E-state index contributed by atoms with van der Waals surface area (Å²) in [7, 11) is 0. The lowest BCUT2D eigenvalue weighted by atomic mass is 9.85. The lowest BCUT2D eigenvalue weighted by molar-refractivity contribution is -0.253. The van der Waals surface area contributed by atoms with Gasteiger partial charge in [-0.2, -0.15) is 0 Å². The summed E-state index contributed by atoms with van der Waals surface area (Å²) in [6, 6.07) is 34.7. The predicted molar refractivity (Wildman–Crippen MR) is 220 cm³/mol. The van der Waals surface area contributed by atoms with Gasteiger partial charge in [-0.15, -0.1) is 0 Å². The van der Waals surface area contributed by atoms with E-state index in [1.165, 1.54) is 6.92 Å². The largest absolute Gasteiger partial charge is 0.392 e. The fraction of sp³-hybridized carbons (Fsp3) is 0.413. The second-order valence-corrected chi connectivity index (χ2v) is 15.5. The molecule has 11 heteroatoms. The Balaban J connectivity index is 0.982. The third kappa shape index (κ3) is 10.1. The van der Waals surface area contributed by atoms with Crippen LogP contribution in [0.5, 0.6) is 0 Å². The van der Waals surface area contributed by atoms with Crippen LogP contribution in [0.3, 0.4) is 0 Å². The molecule has 3 saturated heterocycles. The minimum Gasteiger partial charge on any atom is -0.392 e. The van der Waals surface area contributed by atoms with Crippen LogP contribution in [-0.4, -0.2) is 72.2 Å². The van der Waals surface area contributed by atoms with Gasteiger partial charge in [0.25, 0.3) is 0 Å². The van der Waals surface area contributed by atoms with E-state index in [1.54, 1.807) is 0 Å². The maximum Gasteiger partial charge on any atom is 0.247 e. The number of likely N-dealkylation sites (tertiary alicyclic amines) is 1. The van der Waals surface area contributed by atoms with E-state index in [0.717, 1.165) is 90.8 Å². The zero-order valence-electron chi connectivity index (χ0n) is 32.8. The van der Waals surface area contributed by atoms with Gasteiger partial charge in [0.2, 0.25) is 17.7 Å². The molecule has 3 amide bonds. The topological polar surface area (TPSA) is 132 Å². The Labute approximate surface area is 335 Å². The number of nitrogens with one attached hydrogen (secondary N) is 3. The van der Waals surface area contributed by atoms with Gasteiger partial charge in [0.15, 0.2) is 6.29 Å². The van der Waals surface area contributed by atoms with Crippen molar-refractivity contribution in [3.05, 3.63) is 125 Å². The molecule has 4 aromatic rings. The minimum absolute atomic E-state index is 0.0106. The van der Waals surface area contributed by atoms with Gasteiger partial charge in [-0.05, 0) is 71.7 Å². The van der Waals surface area contributed by atoms with Gasteiger partial charge in [0, 0.05) is 63.7 Å². The van der Waals surface area contributed by atoms with Gasteiger partial charge in [-0.25, -0.2) is 0 Å². The van der Waals surface area contributed by atoms with Crippen molar-refractivity contribution in [3.63, 3.8) is 0 Å². The molecule has 3 aliphatic rings. The number of rotatable bonds is 15. The molecule has 0 aromatic heterocycles. The SMILES string of the molecule is CC(=O)NCCCCCC(=O)NCc1cccc(-c2ccc([C@H]3O[C@@H](CN4CCC5(CC4)C(=O)NCN5c4ccccc4)C[C@@H](c4ccc(CO)cc4)O3)cc2)c1. The zero-order valence-corrected chi connectivity index (χ0v) is 32.8. The molecule has 0 aliphatic carbocycles. The quantitative estimate of drug-likeness (QED) is 0.106. The van der Waals surface area contributed by atoms with Crippen LogP contribution in [0.1, 0.15) is 86.5 Å². The lowest BCUT2D eigenvalue weighted by Gasteiger charge is -2.45. The summed E-state index contributed by atoms with van der Waals surface area (Å²) in [5.74, 6) is 0.109. The summed E-state index contributed by atoms with van der Waals surface area (Å²) in [5.41, 5.74) is 6.49. The summed E-state index contributed by atoms with van der Waals surface area (Å²) in [6.45, 7) is 5.43. The molecular weight excluding hydrogens is 719 g/mol. The van der Waals surface area contributed by atoms with E-state index >= 15 is 0 Å². The fourth-order valence-corrected chi connectivity index (χ4v) is 8.29. The highest BCUT2D eigenvalue weighted by Crippen LogP contribution is 2.40. The molecule has 0 saturated carbocycles. The Bertz CT molecular complexity index is 1950. The van der Waals surface area contributed by atoms with Gasteiger partial charge < -0.3 is 40.3 Å². The van der Waals surface area contributed by atoms with Crippen LogP contribution in [-0.2, 0) is 37.0 Å². The summed E-state index contributed by atoms with van der Waals surface area (Å²) in [4.78, 5) is 41.4. The number of hydrogen-bond acceptors (Lipinski definition) is 8. The lowest BCUT2D eigenvalue weighted by Crippen LogP contribution is -2.57. The molecule has 3 heterocycles. The molecule has 3 aliphatic heterocycles. The highest BCUT2D eigenvalue weighted by atomic mass is 16.7. The second-order valence-electron chi connectivity index (χ2n) is 15.5. The zero-order chi connectivity index (χ0) is 39.6. The van der Waals surface area contributed by atoms with E-state index in [4.69, 9.17) is 9.47 Å². The molecular formula is C46H55N5O6. The monoisotopic (exact) mass is 773 g/mol. The second kappa shape index (κ2) is 18.9. The molecule has 0 unspecified atom stereocenters. The highest BCUT2D eigenvalue weighted by molar-refractivity contribution is 5.93. The van der Waals surface area contributed by atoms with Crippen molar-refractivity contribution in [1.29, 1.82) is 0 Å². The third-order valence-electron chi connectivity index (χ3n) is 11.6. The van der Waals surface area contributed by atoms with Crippen molar-refractivity contribution in [1.82, 2.24) is 20.9 Å². The average molecular weight is 774 g/mol. The number of anilines is 1. The molecule has 300 valence electrons. The maximum absolute atomic E-state index is 13.3. The third-order valence-corrected chi connectivity index (χ3v) is 11.6. The number of piperidine rings is 1. The number of para-hydroxylation sites is 1. The molecule has 3 fully saturated rings. The van der Waals surface area contributed by atoms with E-state index < -0.39 is 11.8 Å². The standard InChI is InChI=1S/C46H55N5O6/c1-33(53)47-24-7-3-6-13-43(54)48-29-35-9-8-10-39(27-35)36-18-20-38(21-19-36)44-56-41(28-42(57-44)37-16-14-34(31-52)15-17-37)30-50-25-22-46(23-26-50)45(55)49-32-51(46)40-11-4-2-5-12-40/h2,4-5,8-12,14-21,27,41-42,44,52H,3,6-7,13,22-26,28-32H2,1H3,(H,47,53)(H,48,54)(H,49,55)/t41-,42+,44+/m1/s1. The van der Waals surface area contributed by atoms with Crippen molar-refractivity contribution < 1.29 is 29.0 Å². The van der Waals surface area contributed by atoms with Crippen LogP contribution in [0.15, 0.2) is 103 Å². The van der Waals surface area contributed by atoms with Gasteiger partial charge in [-0.3, -0.25) is 14.4 Å². The van der Waals surface area contributed by atoms with E-state index in [-0.39, 0.29) is 36.5 Å². The Morgan fingerprint density at radius 2 is 1.58 bits per heavy atom. The Kier molecular flexibility index (Phi) is 13.3. The molecule has 1 spiro atoms. The van der Waals surface area contributed by atoms with Crippen molar-refractivity contribution in [2.45, 2.75) is 89.1 Å². The summed E-state index contributed by atoms with van der Waals surface area (Å²) < 4.78 is 13.4. The van der Waals surface area contributed by atoms with Crippen molar-refractivity contribution in [2.24, 2.45) is 0 Å². The number of amides is 3. The van der Waals surface area contributed by atoms with Crippen LogP contribution in [0.25, 0.3) is 11.1 Å². The number of benzene rings is 4. The number of aliphatic hydroxyl groups excluding tert-OH is 1. The Morgan fingerprint density at radius 1 is 0.825 bits per heavy atom. The number of carbonyl (C=O) groups is 3. The predicted octanol–water partition coefficient (Wildman–Crippen LogP) is 6.13. The molecule has 11 nitrogen and oxygen atoms in total. The molecule has 0 radical (unpaired) electrons. The average Bonchev–Trinajstić information content (AvgIpc) is 3.56. The summed E-state index contributed by atoms with van der Waals surface area (Å²) >= 11 is 0. The number of aliphatic hydroxyl groups is 1. The van der Waals surface area contributed by atoms with Crippen molar-refractivity contribution in [2.75, 3.05) is 37.7 Å². The molecule has 0 bridgehead atoms. The smallest absolute Gasteiger partial charge is 0.247 e. The first-order valence-electron chi connectivity index (χ1n) is 20.3. The normalized spacial score (nSPS) is 20.6.